The van der Waals surface area contributed by atoms with Crippen molar-refractivity contribution in [2.24, 2.45) is 0 Å². The molecule has 0 fully saturated rings. The zero-order valence-corrected chi connectivity index (χ0v) is 37.3. The van der Waals surface area contributed by atoms with Crippen LogP contribution < -0.4 is 0 Å². The molecule has 0 aromatic rings. The van der Waals surface area contributed by atoms with Gasteiger partial charge in [0.2, 0.25) is 0 Å². The van der Waals surface area contributed by atoms with Gasteiger partial charge in [-0.2, -0.15) is 0 Å². The molecule has 0 aliphatic rings. The number of carbonyl (C=O) groups excluding carboxylic acids is 1. The van der Waals surface area contributed by atoms with Gasteiger partial charge in [-0.3, -0.25) is 13.8 Å². The summed E-state index contributed by atoms with van der Waals surface area (Å²) in [6.45, 7) is 3.52. The van der Waals surface area contributed by atoms with E-state index >= 15 is 0 Å². The van der Waals surface area contributed by atoms with E-state index in [0.29, 0.717) is 6.61 Å². The van der Waals surface area contributed by atoms with Crippen molar-refractivity contribution < 1.29 is 43.0 Å². The molecule has 0 amide bonds. The largest absolute Gasteiger partial charge is 0.472 e. The highest BCUT2D eigenvalue weighted by Crippen LogP contribution is 2.43. The maximum absolute atomic E-state index is 12.6. The quantitative estimate of drug-likeness (QED) is 0.0238. The second-order valence-corrected chi connectivity index (χ2v) is 17.2. The number of hydrogen-bond acceptors (Lipinski definition) is 8. The van der Waals surface area contributed by atoms with Crippen LogP contribution in [0.25, 0.3) is 0 Å². The molecule has 9 nitrogen and oxygen atoms in total. The van der Waals surface area contributed by atoms with Crippen molar-refractivity contribution >= 4 is 13.8 Å². The molecule has 10 heteroatoms. The molecule has 56 heavy (non-hydrogen) atoms. The lowest BCUT2D eigenvalue weighted by atomic mass is 10.1. The summed E-state index contributed by atoms with van der Waals surface area (Å²) in [6, 6.07) is 0. The summed E-state index contributed by atoms with van der Waals surface area (Å²) in [7, 11) is -4.52. The minimum Gasteiger partial charge on any atom is -0.457 e. The molecule has 0 aromatic heterocycles. The number of aliphatic hydroxyl groups is 2. The van der Waals surface area contributed by atoms with Crippen molar-refractivity contribution in [2.75, 3.05) is 33.0 Å². The number of hydrogen-bond donors (Lipinski definition) is 3. The van der Waals surface area contributed by atoms with Crippen LogP contribution in [0.3, 0.4) is 0 Å². The summed E-state index contributed by atoms with van der Waals surface area (Å²) in [4.78, 5) is 22.6. The Balaban J connectivity index is 4.06. The number of ether oxygens (including phenoxy) is 2. The smallest absolute Gasteiger partial charge is 0.457 e. The number of carbonyl (C=O) groups is 1. The fourth-order valence-corrected chi connectivity index (χ4v) is 7.31. The monoisotopic (exact) mass is 817 g/mol. The van der Waals surface area contributed by atoms with Gasteiger partial charge in [0.25, 0.3) is 0 Å². The van der Waals surface area contributed by atoms with Gasteiger partial charge in [-0.15, -0.1) is 0 Å². The van der Waals surface area contributed by atoms with Gasteiger partial charge in [-0.1, -0.05) is 173 Å². The molecule has 0 aliphatic carbocycles. The average molecular weight is 817 g/mol. The number of esters is 1. The highest BCUT2D eigenvalue weighted by atomic mass is 31.2. The molecule has 0 rings (SSSR count). The van der Waals surface area contributed by atoms with E-state index in [4.69, 9.17) is 23.6 Å². The normalized spacial score (nSPS) is 14.2. The topological polar surface area (TPSA) is 132 Å². The Bertz CT molecular complexity index is 928. The molecule has 332 valence electrons. The zero-order valence-electron chi connectivity index (χ0n) is 36.4. The van der Waals surface area contributed by atoms with Crippen LogP contribution >= 0.6 is 7.82 Å². The lowest BCUT2D eigenvalue weighted by Gasteiger charge is -2.20. The van der Waals surface area contributed by atoms with Gasteiger partial charge in [0, 0.05) is 13.0 Å². The van der Waals surface area contributed by atoms with E-state index in [9.17, 15) is 19.4 Å². The van der Waals surface area contributed by atoms with Crippen LogP contribution in [0.2, 0.25) is 0 Å². The van der Waals surface area contributed by atoms with Crippen LogP contribution in [0, 0.1) is 0 Å². The maximum atomic E-state index is 12.6. The van der Waals surface area contributed by atoms with Crippen LogP contribution in [0.15, 0.2) is 24.3 Å². The van der Waals surface area contributed by atoms with E-state index in [1.54, 1.807) is 0 Å². The summed E-state index contributed by atoms with van der Waals surface area (Å²) in [5, 5.41) is 18.4. The first-order valence-corrected chi connectivity index (χ1v) is 24.8. The number of aliphatic hydroxyl groups excluding tert-OH is 2. The first kappa shape index (κ1) is 54.9. The van der Waals surface area contributed by atoms with Crippen molar-refractivity contribution in [3.8, 4) is 0 Å². The molecular weight excluding hydrogens is 727 g/mol. The van der Waals surface area contributed by atoms with Crippen molar-refractivity contribution in [1.29, 1.82) is 0 Å². The van der Waals surface area contributed by atoms with Crippen molar-refractivity contribution in [2.45, 2.75) is 232 Å². The first-order chi connectivity index (χ1) is 27.3. The molecule has 3 N–H and O–H groups in total. The Kier molecular flexibility index (Phi) is 42.7. The van der Waals surface area contributed by atoms with Gasteiger partial charge in [0.1, 0.15) is 12.2 Å². The van der Waals surface area contributed by atoms with E-state index in [-0.39, 0.29) is 19.6 Å². The number of phosphoric ester groups is 1. The molecule has 0 bridgehead atoms. The minimum absolute atomic E-state index is 0.0478. The molecule has 0 spiro atoms. The fraction of sp³-hybridized carbons (Fsp3) is 0.891. The molecule has 3 atom stereocenters. The lowest BCUT2D eigenvalue weighted by Crippen LogP contribution is -2.29. The predicted molar refractivity (Wildman–Crippen MR) is 233 cm³/mol. The van der Waals surface area contributed by atoms with Crippen LogP contribution in [0.5, 0.6) is 0 Å². The van der Waals surface area contributed by atoms with Gasteiger partial charge in [-0.05, 0) is 64.2 Å². The van der Waals surface area contributed by atoms with Gasteiger partial charge >= 0.3 is 13.8 Å². The number of phosphoric acid groups is 1. The third kappa shape index (κ3) is 42.5. The van der Waals surface area contributed by atoms with Crippen LogP contribution in [-0.2, 0) is 27.9 Å². The summed E-state index contributed by atoms with van der Waals surface area (Å²) < 4.78 is 33.4. The Morgan fingerprint density at radius 2 is 0.911 bits per heavy atom. The SMILES string of the molecule is CCCCCC/C=C\CCCCCCCC(=O)OC(COCCCCCCCCCCCC/C=C\CCCCCCCCCC)COP(=O)(O)OCC(O)CO. The lowest BCUT2D eigenvalue weighted by molar-refractivity contribution is -0.154. The van der Waals surface area contributed by atoms with Gasteiger partial charge in [0.05, 0.1) is 26.4 Å². The molecule has 0 saturated heterocycles. The molecule has 0 saturated carbocycles. The van der Waals surface area contributed by atoms with Gasteiger partial charge < -0.3 is 24.6 Å². The molecule has 0 heterocycles. The van der Waals surface area contributed by atoms with Crippen molar-refractivity contribution in [1.82, 2.24) is 0 Å². The second kappa shape index (κ2) is 43.5. The summed E-state index contributed by atoms with van der Waals surface area (Å²) in [5.74, 6) is -0.390. The van der Waals surface area contributed by atoms with E-state index in [2.05, 4.69) is 38.2 Å². The standard InChI is InChI=1S/C46H89O9P/c1-3-5-7-9-11-13-15-17-18-19-20-21-22-23-24-25-27-29-31-33-35-37-39-52-42-45(43-54-56(50,51)53-41-44(48)40-47)55-46(49)38-36-34-32-30-28-26-16-14-12-10-8-6-4-2/h14,16,19-20,44-45,47-48H,3-13,15,17-18,21-43H2,1-2H3,(H,50,51)/b16-14-,20-19-. The third-order valence-corrected chi connectivity index (χ3v) is 11.1. The van der Waals surface area contributed by atoms with E-state index in [1.165, 1.54) is 141 Å². The summed E-state index contributed by atoms with van der Waals surface area (Å²) >= 11 is 0. The molecular formula is C46H89O9P. The minimum atomic E-state index is -4.52. The Labute approximate surface area is 344 Å². The van der Waals surface area contributed by atoms with Crippen LogP contribution in [0.4, 0.5) is 0 Å². The van der Waals surface area contributed by atoms with Crippen LogP contribution in [0.1, 0.15) is 219 Å². The predicted octanol–water partition coefficient (Wildman–Crippen LogP) is 13.0. The molecule has 3 unspecified atom stereocenters. The van der Waals surface area contributed by atoms with Gasteiger partial charge in [-0.25, -0.2) is 4.57 Å². The first-order valence-electron chi connectivity index (χ1n) is 23.3. The summed E-state index contributed by atoms with van der Waals surface area (Å²) in [6.07, 6.45) is 45.7. The number of rotatable bonds is 45. The van der Waals surface area contributed by atoms with E-state index < -0.39 is 39.2 Å². The molecule has 0 aliphatic heterocycles. The summed E-state index contributed by atoms with van der Waals surface area (Å²) in [5.41, 5.74) is 0. The Hall–Kier alpha value is -1.06. The Morgan fingerprint density at radius 1 is 0.536 bits per heavy atom. The van der Waals surface area contributed by atoms with Crippen molar-refractivity contribution in [3.63, 3.8) is 0 Å². The molecule has 0 aromatic carbocycles. The highest BCUT2D eigenvalue weighted by Gasteiger charge is 2.26. The third-order valence-electron chi connectivity index (χ3n) is 10.1. The van der Waals surface area contributed by atoms with E-state index in [0.717, 1.165) is 57.8 Å². The number of unbranched alkanes of at least 4 members (excludes halogenated alkanes) is 27. The fourth-order valence-electron chi connectivity index (χ4n) is 6.52. The maximum Gasteiger partial charge on any atom is 0.472 e. The van der Waals surface area contributed by atoms with Crippen molar-refractivity contribution in [3.05, 3.63) is 24.3 Å². The number of allylic oxidation sites excluding steroid dienone is 4. The molecule has 0 radical (unpaired) electrons. The van der Waals surface area contributed by atoms with Gasteiger partial charge in [0.15, 0.2) is 0 Å². The Morgan fingerprint density at radius 3 is 1.36 bits per heavy atom. The van der Waals surface area contributed by atoms with E-state index in [1.807, 2.05) is 0 Å². The average Bonchev–Trinajstić information content (AvgIpc) is 3.19. The zero-order chi connectivity index (χ0) is 41.1. The highest BCUT2D eigenvalue weighted by molar-refractivity contribution is 7.47. The van der Waals surface area contributed by atoms with Crippen LogP contribution in [-0.4, -0.2) is 66.3 Å². The second-order valence-electron chi connectivity index (χ2n) is 15.8.